The molecule has 0 aliphatic carbocycles. The Kier molecular flexibility index (Phi) is 5.83. The SMILES string of the molecule is c1ccc2c(c1)-c1cccc3cccc(c13)N2c1cc2ccccc2cc1-c1nc2ccccc2nc1-c1ccc2c(c1)sc1ccccc12. The Balaban J connectivity index is 1.24. The van der Waals surface area contributed by atoms with Gasteiger partial charge in [-0.15, -0.1) is 11.3 Å². The minimum atomic E-state index is 0.869. The second-order valence-corrected chi connectivity index (χ2v) is 14.1. The van der Waals surface area contributed by atoms with E-state index < -0.39 is 0 Å². The highest BCUT2D eigenvalue weighted by Gasteiger charge is 2.29. The molecule has 3 heterocycles. The Morgan fingerprint density at radius 3 is 1.92 bits per heavy atom. The molecule has 0 saturated heterocycles. The van der Waals surface area contributed by atoms with Crippen molar-refractivity contribution in [2.24, 2.45) is 0 Å². The molecule has 1 aliphatic rings. The summed E-state index contributed by atoms with van der Waals surface area (Å²) >= 11 is 1.83. The lowest BCUT2D eigenvalue weighted by atomic mass is 9.89. The van der Waals surface area contributed by atoms with Crippen LogP contribution in [0.15, 0.2) is 164 Å². The summed E-state index contributed by atoms with van der Waals surface area (Å²) in [7, 11) is 0. The van der Waals surface area contributed by atoms with Gasteiger partial charge in [0.05, 0.1) is 39.5 Å². The molecule has 0 N–H and O–H groups in total. The van der Waals surface area contributed by atoms with E-state index in [-0.39, 0.29) is 0 Å². The van der Waals surface area contributed by atoms with Crippen LogP contribution in [0.25, 0.3) is 86.4 Å². The second-order valence-electron chi connectivity index (χ2n) is 13.0. The Morgan fingerprint density at radius 2 is 1.04 bits per heavy atom. The number of hydrogen-bond acceptors (Lipinski definition) is 4. The summed E-state index contributed by atoms with van der Waals surface area (Å²) in [5.41, 5.74) is 11.5. The van der Waals surface area contributed by atoms with Crippen LogP contribution >= 0.6 is 11.3 Å². The van der Waals surface area contributed by atoms with Gasteiger partial charge < -0.3 is 4.90 Å². The Bertz CT molecular complexity index is 3010. The van der Waals surface area contributed by atoms with E-state index in [2.05, 4.69) is 157 Å². The van der Waals surface area contributed by atoms with E-state index in [1.54, 1.807) is 0 Å². The second kappa shape index (κ2) is 10.6. The number of thiophene rings is 1. The molecule has 10 aromatic rings. The molecule has 0 atom stereocenters. The number of fused-ring (bicyclic) bond motifs is 7. The first-order chi connectivity index (χ1) is 24.8. The number of nitrogens with zero attached hydrogens (tertiary/aromatic N) is 3. The van der Waals surface area contributed by atoms with Crippen LogP contribution in [0.3, 0.4) is 0 Å². The maximum Gasteiger partial charge on any atom is 0.0994 e. The van der Waals surface area contributed by atoms with Gasteiger partial charge in [-0.3, -0.25) is 0 Å². The largest absolute Gasteiger partial charge is 0.309 e. The van der Waals surface area contributed by atoms with Crippen LogP contribution in [-0.2, 0) is 0 Å². The molecular formula is C46H27N3S. The van der Waals surface area contributed by atoms with E-state index in [9.17, 15) is 0 Å². The smallest absolute Gasteiger partial charge is 0.0994 e. The summed E-state index contributed by atoms with van der Waals surface area (Å²) in [6, 6.07) is 59.0. The highest BCUT2D eigenvalue weighted by atomic mass is 32.1. The van der Waals surface area contributed by atoms with Crippen molar-refractivity contribution in [2.45, 2.75) is 0 Å². The van der Waals surface area contributed by atoms with Crippen LogP contribution in [0, 0.1) is 0 Å². The molecule has 0 saturated carbocycles. The van der Waals surface area contributed by atoms with E-state index in [1.807, 2.05) is 23.5 Å². The van der Waals surface area contributed by atoms with E-state index in [0.717, 1.165) is 56.0 Å². The molecule has 0 fully saturated rings. The van der Waals surface area contributed by atoms with Crippen LogP contribution in [0.1, 0.15) is 0 Å². The van der Waals surface area contributed by atoms with Crippen molar-refractivity contribution < 1.29 is 0 Å². The molecule has 11 rings (SSSR count). The van der Waals surface area contributed by atoms with Gasteiger partial charge in [0.1, 0.15) is 0 Å². The van der Waals surface area contributed by atoms with Gasteiger partial charge in [0.15, 0.2) is 0 Å². The van der Waals surface area contributed by atoms with Crippen molar-refractivity contribution >= 4 is 81.1 Å². The number of hydrogen-bond donors (Lipinski definition) is 0. The van der Waals surface area contributed by atoms with Crippen molar-refractivity contribution in [2.75, 3.05) is 4.90 Å². The van der Waals surface area contributed by atoms with E-state index in [0.29, 0.717) is 0 Å². The molecule has 3 nitrogen and oxygen atoms in total. The van der Waals surface area contributed by atoms with Crippen molar-refractivity contribution in [1.82, 2.24) is 9.97 Å². The molecule has 8 aromatic carbocycles. The number of anilines is 3. The topological polar surface area (TPSA) is 29.0 Å². The van der Waals surface area contributed by atoms with Crippen LogP contribution in [0.2, 0.25) is 0 Å². The van der Waals surface area contributed by atoms with Gasteiger partial charge >= 0.3 is 0 Å². The van der Waals surface area contributed by atoms with E-state index in [1.165, 1.54) is 47.5 Å². The fourth-order valence-electron chi connectivity index (χ4n) is 7.88. The van der Waals surface area contributed by atoms with Gasteiger partial charge in [0.2, 0.25) is 0 Å². The monoisotopic (exact) mass is 653 g/mol. The maximum absolute atomic E-state index is 5.47. The Labute approximate surface area is 292 Å². The molecule has 4 heteroatoms. The first-order valence-corrected chi connectivity index (χ1v) is 17.7. The standard InChI is InChI=1S/C46H27N3S/c1-2-12-30-26-41(49-39-20-7-3-15-32(39)35-17-9-13-28-14-10-21-40(49)44(28)35)36(25-29(30)11-1)46-45(47-37-18-5-6-19-38(37)48-46)31-23-24-34-33-16-4-8-22-42(33)50-43(34)27-31/h1-27H. The predicted molar refractivity (Wildman–Crippen MR) is 212 cm³/mol. The summed E-state index contributed by atoms with van der Waals surface area (Å²) in [5.74, 6) is 0. The van der Waals surface area contributed by atoms with Crippen LogP contribution < -0.4 is 4.90 Å². The molecule has 2 aromatic heterocycles. The fourth-order valence-corrected chi connectivity index (χ4v) is 9.03. The van der Waals surface area contributed by atoms with Crippen molar-refractivity contribution in [3.63, 3.8) is 0 Å². The highest BCUT2D eigenvalue weighted by Crippen LogP contribution is 2.53. The van der Waals surface area contributed by atoms with Crippen LogP contribution in [0.4, 0.5) is 17.1 Å². The Hall–Kier alpha value is -6.36. The zero-order valence-electron chi connectivity index (χ0n) is 26.8. The van der Waals surface area contributed by atoms with Gasteiger partial charge in [-0.2, -0.15) is 0 Å². The minimum Gasteiger partial charge on any atom is -0.309 e. The quantitative estimate of drug-likeness (QED) is 0.190. The van der Waals surface area contributed by atoms with Crippen LogP contribution in [-0.4, -0.2) is 9.97 Å². The number of rotatable bonds is 3. The fraction of sp³-hybridized carbons (Fsp3) is 0. The normalized spacial score (nSPS) is 12.4. The third kappa shape index (κ3) is 4.03. The Morgan fingerprint density at radius 1 is 0.400 bits per heavy atom. The molecule has 50 heavy (non-hydrogen) atoms. The highest BCUT2D eigenvalue weighted by molar-refractivity contribution is 7.25. The lowest BCUT2D eigenvalue weighted by Crippen LogP contribution is -2.16. The third-order valence-electron chi connectivity index (χ3n) is 10.1. The predicted octanol–water partition coefficient (Wildman–Crippen LogP) is 13.1. The number of aromatic nitrogens is 2. The van der Waals surface area contributed by atoms with Gasteiger partial charge in [-0.05, 0) is 70.3 Å². The zero-order valence-corrected chi connectivity index (χ0v) is 27.7. The molecule has 0 spiro atoms. The average molecular weight is 654 g/mol. The lowest BCUT2D eigenvalue weighted by Gasteiger charge is -2.35. The van der Waals surface area contributed by atoms with Crippen molar-refractivity contribution in [3.8, 4) is 33.6 Å². The van der Waals surface area contributed by atoms with Crippen molar-refractivity contribution in [3.05, 3.63) is 164 Å². The lowest BCUT2D eigenvalue weighted by molar-refractivity contribution is 1.26. The van der Waals surface area contributed by atoms with Gasteiger partial charge in [-0.1, -0.05) is 115 Å². The minimum absolute atomic E-state index is 0.869. The molecule has 1 aliphatic heterocycles. The molecule has 0 radical (unpaired) electrons. The summed E-state index contributed by atoms with van der Waals surface area (Å²) in [4.78, 5) is 13.3. The third-order valence-corrected chi connectivity index (χ3v) is 11.3. The molecule has 0 bridgehead atoms. The van der Waals surface area contributed by atoms with Gasteiger partial charge in [0, 0.05) is 42.2 Å². The molecular weight excluding hydrogens is 627 g/mol. The summed E-state index contributed by atoms with van der Waals surface area (Å²) in [5, 5.41) is 7.39. The summed E-state index contributed by atoms with van der Waals surface area (Å²) < 4.78 is 2.54. The van der Waals surface area contributed by atoms with E-state index in [4.69, 9.17) is 9.97 Å². The molecule has 0 amide bonds. The molecule has 232 valence electrons. The van der Waals surface area contributed by atoms with Crippen molar-refractivity contribution in [1.29, 1.82) is 0 Å². The first kappa shape index (κ1) is 27.6. The van der Waals surface area contributed by atoms with Crippen LogP contribution in [0.5, 0.6) is 0 Å². The molecule has 0 unspecified atom stereocenters. The van der Waals surface area contributed by atoms with Gasteiger partial charge in [0.25, 0.3) is 0 Å². The summed E-state index contributed by atoms with van der Waals surface area (Å²) in [6.07, 6.45) is 0. The van der Waals surface area contributed by atoms with Gasteiger partial charge in [-0.25, -0.2) is 9.97 Å². The number of benzene rings is 8. The number of para-hydroxylation sites is 3. The van der Waals surface area contributed by atoms with E-state index >= 15 is 0 Å². The average Bonchev–Trinajstić information content (AvgIpc) is 3.55. The first-order valence-electron chi connectivity index (χ1n) is 16.9. The zero-order chi connectivity index (χ0) is 32.8. The summed E-state index contributed by atoms with van der Waals surface area (Å²) in [6.45, 7) is 0. The maximum atomic E-state index is 5.47.